The molecule has 2 aromatic heterocycles. The molecule has 0 atom stereocenters. The van der Waals surface area contributed by atoms with Crippen LogP contribution >= 0.6 is 11.8 Å². The highest BCUT2D eigenvalue weighted by atomic mass is 32.2. The first kappa shape index (κ1) is 19.4. The Morgan fingerprint density at radius 3 is 2.70 bits per heavy atom. The summed E-state index contributed by atoms with van der Waals surface area (Å²) in [6.07, 6.45) is 1.50. The molecule has 5 rings (SSSR count). The van der Waals surface area contributed by atoms with Crippen LogP contribution in [0.5, 0.6) is 0 Å². The number of aromatic amines is 1. The second-order valence-corrected chi connectivity index (χ2v) is 8.44. The summed E-state index contributed by atoms with van der Waals surface area (Å²) >= 11 is 1.55. The Hall–Kier alpha value is -2.55. The summed E-state index contributed by atoms with van der Waals surface area (Å²) in [7, 11) is 0. The molecule has 0 unspecified atom stereocenters. The molecule has 3 heterocycles. The number of H-pyrrole nitrogens is 1. The Kier molecular flexibility index (Phi) is 5.14. The van der Waals surface area contributed by atoms with E-state index in [9.17, 15) is 4.39 Å². The van der Waals surface area contributed by atoms with Gasteiger partial charge in [0.15, 0.2) is 11.4 Å². The number of thioether (sulfide) groups is 1. The maximum absolute atomic E-state index is 13.3. The van der Waals surface area contributed by atoms with Gasteiger partial charge in [0.25, 0.3) is 0 Å². The summed E-state index contributed by atoms with van der Waals surface area (Å²) in [4.78, 5) is 7.94. The lowest BCUT2D eigenvalue weighted by Crippen LogP contribution is -2.27. The van der Waals surface area contributed by atoms with Crippen LogP contribution in [0.15, 0.2) is 47.6 Å². The predicted octanol–water partition coefficient (Wildman–Crippen LogP) is 4.73. The van der Waals surface area contributed by atoms with Gasteiger partial charge in [0.2, 0.25) is 5.16 Å². The summed E-state index contributed by atoms with van der Waals surface area (Å²) < 4.78 is 25.1. The van der Waals surface area contributed by atoms with Crippen molar-refractivity contribution in [2.75, 3.05) is 19.0 Å². The van der Waals surface area contributed by atoms with Gasteiger partial charge in [-0.3, -0.25) is 0 Å². The van der Waals surface area contributed by atoms with Gasteiger partial charge in [-0.05, 0) is 37.6 Å². The van der Waals surface area contributed by atoms with Gasteiger partial charge in [-0.1, -0.05) is 35.5 Å². The van der Waals surface area contributed by atoms with Gasteiger partial charge in [-0.25, -0.2) is 9.37 Å². The Labute approximate surface area is 177 Å². The minimum Gasteiger partial charge on any atom is -0.343 e. The van der Waals surface area contributed by atoms with Crippen LogP contribution in [0.1, 0.15) is 24.0 Å². The molecule has 1 aliphatic rings. The third-order valence-electron chi connectivity index (χ3n) is 5.27. The molecule has 30 heavy (non-hydrogen) atoms. The van der Waals surface area contributed by atoms with Crippen molar-refractivity contribution in [3.63, 3.8) is 0 Å². The molecule has 1 saturated heterocycles. The van der Waals surface area contributed by atoms with Crippen LogP contribution in [0.4, 0.5) is 4.39 Å². The number of halogens is 1. The average Bonchev–Trinajstić information content (AvgIpc) is 3.37. The molecule has 8 heteroatoms. The van der Waals surface area contributed by atoms with Crippen molar-refractivity contribution in [3.8, 4) is 0 Å². The van der Waals surface area contributed by atoms with Crippen molar-refractivity contribution in [2.24, 2.45) is 0 Å². The molecular weight excluding hydrogens is 403 g/mol. The highest BCUT2D eigenvalue weighted by molar-refractivity contribution is 7.99. The zero-order valence-electron chi connectivity index (χ0n) is 16.5. The summed E-state index contributed by atoms with van der Waals surface area (Å²) in [5.41, 5.74) is 4.57. The molecule has 0 spiro atoms. The van der Waals surface area contributed by atoms with Gasteiger partial charge in [0, 0.05) is 28.6 Å². The van der Waals surface area contributed by atoms with E-state index in [2.05, 4.69) is 39.2 Å². The van der Waals surface area contributed by atoms with E-state index in [1.165, 1.54) is 17.7 Å². The molecule has 4 aromatic rings. The number of fused-ring (bicyclic) bond motifs is 3. The van der Waals surface area contributed by atoms with E-state index in [4.69, 9.17) is 9.47 Å². The normalized spacial score (nSPS) is 15.9. The number of nitrogens with one attached hydrogen (secondary N) is 1. The predicted molar refractivity (Wildman–Crippen MR) is 114 cm³/mol. The largest absolute Gasteiger partial charge is 0.343 e. The number of ether oxygens (including phenoxy) is 2. The van der Waals surface area contributed by atoms with E-state index in [0.29, 0.717) is 24.8 Å². The van der Waals surface area contributed by atoms with Crippen molar-refractivity contribution in [3.05, 3.63) is 59.4 Å². The quantitative estimate of drug-likeness (QED) is 0.356. The van der Waals surface area contributed by atoms with Crippen LogP contribution in [-0.2, 0) is 15.3 Å². The van der Waals surface area contributed by atoms with E-state index in [1.807, 2.05) is 6.07 Å². The fourth-order valence-corrected chi connectivity index (χ4v) is 4.54. The van der Waals surface area contributed by atoms with Gasteiger partial charge in [-0.2, -0.15) is 0 Å². The zero-order valence-corrected chi connectivity index (χ0v) is 17.3. The molecule has 154 valence electrons. The monoisotopic (exact) mass is 424 g/mol. The number of aryl methyl sites for hydroxylation is 1. The van der Waals surface area contributed by atoms with Gasteiger partial charge in [0.05, 0.1) is 13.2 Å². The highest BCUT2D eigenvalue weighted by Crippen LogP contribution is 2.36. The summed E-state index contributed by atoms with van der Waals surface area (Å²) in [6.45, 7) is 3.13. The van der Waals surface area contributed by atoms with Crippen LogP contribution < -0.4 is 0 Å². The van der Waals surface area contributed by atoms with Crippen LogP contribution in [0.2, 0.25) is 0 Å². The molecule has 0 amide bonds. The lowest BCUT2D eigenvalue weighted by atomic mass is 10.0. The van der Waals surface area contributed by atoms with E-state index in [-0.39, 0.29) is 5.82 Å². The molecule has 1 aliphatic heterocycles. The molecule has 0 bridgehead atoms. The van der Waals surface area contributed by atoms with Crippen molar-refractivity contribution in [1.82, 2.24) is 20.2 Å². The van der Waals surface area contributed by atoms with E-state index in [0.717, 1.165) is 39.8 Å². The molecule has 0 radical (unpaired) electrons. The second kappa shape index (κ2) is 7.94. The molecule has 1 N–H and O–H groups in total. The summed E-state index contributed by atoms with van der Waals surface area (Å²) in [5, 5.41) is 10.4. The van der Waals surface area contributed by atoms with Crippen molar-refractivity contribution < 1.29 is 13.9 Å². The minimum absolute atomic E-state index is 0.269. The Bertz CT molecular complexity index is 1190. The number of aromatic nitrogens is 4. The van der Waals surface area contributed by atoms with Crippen LogP contribution in [0.25, 0.3) is 22.1 Å². The Morgan fingerprint density at radius 1 is 1.10 bits per heavy atom. The number of nitrogens with zero attached hydrogens (tertiary/aromatic N) is 3. The smallest absolute Gasteiger partial charge is 0.211 e. The molecule has 0 aliphatic carbocycles. The standard InChI is InChI=1S/C22H21FN4O2S/c1-14-3-8-18-17(13-14)19-20(24-18)25-21(27-26-19)30-12-2-9-22(28-10-11-29-22)15-4-6-16(23)7-5-15/h3-8,13H,2,9-12H2,1H3,(H,24,25,27). The Morgan fingerprint density at radius 2 is 1.90 bits per heavy atom. The maximum atomic E-state index is 13.3. The Balaban J connectivity index is 1.26. The molecular formula is C22H21FN4O2S. The molecule has 2 aromatic carbocycles. The topological polar surface area (TPSA) is 72.9 Å². The van der Waals surface area contributed by atoms with E-state index in [1.54, 1.807) is 23.9 Å². The fraction of sp³-hybridized carbons (Fsp3) is 0.318. The maximum Gasteiger partial charge on any atom is 0.211 e. The van der Waals surface area contributed by atoms with E-state index < -0.39 is 5.79 Å². The number of hydrogen-bond acceptors (Lipinski definition) is 6. The van der Waals surface area contributed by atoms with Crippen molar-refractivity contribution in [2.45, 2.75) is 30.7 Å². The molecule has 6 nitrogen and oxygen atoms in total. The summed E-state index contributed by atoms with van der Waals surface area (Å²) in [5.74, 6) is -0.274. The first-order valence-corrected chi connectivity index (χ1v) is 10.9. The lowest BCUT2D eigenvalue weighted by molar-refractivity contribution is -0.170. The lowest BCUT2D eigenvalue weighted by Gasteiger charge is -2.27. The van der Waals surface area contributed by atoms with Gasteiger partial charge < -0.3 is 14.5 Å². The number of hydrogen-bond donors (Lipinski definition) is 1. The van der Waals surface area contributed by atoms with Crippen LogP contribution in [-0.4, -0.2) is 39.1 Å². The van der Waals surface area contributed by atoms with E-state index >= 15 is 0 Å². The zero-order chi connectivity index (χ0) is 20.6. The van der Waals surface area contributed by atoms with Crippen LogP contribution in [0.3, 0.4) is 0 Å². The second-order valence-electron chi connectivity index (χ2n) is 7.37. The van der Waals surface area contributed by atoms with Gasteiger partial charge in [0.1, 0.15) is 11.3 Å². The van der Waals surface area contributed by atoms with Gasteiger partial charge in [-0.15, -0.1) is 10.2 Å². The van der Waals surface area contributed by atoms with Crippen molar-refractivity contribution >= 4 is 33.8 Å². The third kappa shape index (κ3) is 3.66. The third-order valence-corrected chi connectivity index (χ3v) is 6.19. The molecule has 0 saturated carbocycles. The first-order chi connectivity index (χ1) is 14.6. The van der Waals surface area contributed by atoms with Crippen molar-refractivity contribution in [1.29, 1.82) is 0 Å². The van der Waals surface area contributed by atoms with Gasteiger partial charge >= 0.3 is 0 Å². The average molecular weight is 425 g/mol. The SMILES string of the molecule is Cc1ccc2[nH]c3nc(SCCCC4(c5ccc(F)cc5)OCCO4)nnc3c2c1. The number of benzene rings is 2. The number of rotatable bonds is 6. The summed E-state index contributed by atoms with van der Waals surface area (Å²) in [6, 6.07) is 12.5. The first-order valence-electron chi connectivity index (χ1n) is 9.92. The minimum atomic E-state index is -0.799. The fourth-order valence-electron chi connectivity index (χ4n) is 3.81. The molecule has 1 fully saturated rings. The highest BCUT2D eigenvalue weighted by Gasteiger charge is 2.37. The van der Waals surface area contributed by atoms with Crippen LogP contribution in [0, 0.1) is 12.7 Å².